The van der Waals surface area contributed by atoms with Gasteiger partial charge in [0.1, 0.15) is 0 Å². The van der Waals surface area contributed by atoms with E-state index in [-0.39, 0.29) is 5.97 Å². The topological polar surface area (TPSA) is 32.8 Å². The standard InChI is InChI=1S/C14H24N2O2/c1-3-18-14(17)5-4-9-16-10-8-12-6-7-13(11-16)15(12)2/h4-5,12-13H,3,6-11H2,1-2H3/b5-4+. The number of carbonyl (C=O) groups is 1. The van der Waals surface area contributed by atoms with Gasteiger partial charge in [0, 0.05) is 37.8 Å². The van der Waals surface area contributed by atoms with E-state index in [1.165, 1.54) is 19.3 Å². The van der Waals surface area contributed by atoms with E-state index < -0.39 is 0 Å². The molecule has 2 bridgehead atoms. The summed E-state index contributed by atoms with van der Waals surface area (Å²) in [4.78, 5) is 16.2. The predicted molar refractivity (Wildman–Crippen MR) is 71.4 cm³/mol. The number of hydrogen-bond donors (Lipinski definition) is 0. The minimum absolute atomic E-state index is 0.231. The quantitative estimate of drug-likeness (QED) is 0.557. The number of carbonyl (C=O) groups excluding carboxylic acids is 1. The molecule has 2 saturated heterocycles. The summed E-state index contributed by atoms with van der Waals surface area (Å²) in [5.41, 5.74) is 0. The number of esters is 1. The Morgan fingerprint density at radius 2 is 2.11 bits per heavy atom. The van der Waals surface area contributed by atoms with Crippen LogP contribution in [0, 0.1) is 0 Å². The Kier molecular flexibility index (Phi) is 4.78. The Labute approximate surface area is 110 Å². The van der Waals surface area contributed by atoms with Crippen molar-refractivity contribution < 1.29 is 9.53 Å². The molecule has 0 radical (unpaired) electrons. The van der Waals surface area contributed by atoms with Gasteiger partial charge < -0.3 is 4.74 Å². The SMILES string of the molecule is CCOC(=O)/C=C/CN1CCC2CCC(C1)N2C. The summed E-state index contributed by atoms with van der Waals surface area (Å²) in [6, 6.07) is 1.47. The maximum atomic E-state index is 11.2. The molecule has 4 nitrogen and oxygen atoms in total. The third-order valence-electron chi connectivity index (χ3n) is 4.14. The Bertz CT molecular complexity index is 317. The minimum Gasteiger partial charge on any atom is -0.463 e. The first-order valence-electron chi connectivity index (χ1n) is 6.98. The average molecular weight is 252 g/mol. The molecule has 0 aromatic carbocycles. The first-order valence-corrected chi connectivity index (χ1v) is 6.98. The van der Waals surface area contributed by atoms with Crippen LogP contribution in [0.15, 0.2) is 12.2 Å². The lowest BCUT2D eigenvalue weighted by molar-refractivity contribution is -0.137. The molecule has 0 saturated carbocycles. The summed E-state index contributed by atoms with van der Waals surface area (Å²) in [6.45, 7) is 5.39. The number of hydrogen-bond acceptors (Lipinski definition) is 4. The van der Waals surface area contributed by atoms with Gasteiger partial charge in [-0.2, -0.15) is 0 Å². The van der Waals surface area contributed by atoms with Gasteiger partial charge in [-0.15, -0.1) is 0 Å². The maximum absolute atomic E-state index is 11.2. The smallest absolute Gasteiger partial charge is 0.330 e. The minimum atomic E-state index is -0.231. The fourth-order valence-electron chi connectivity index (χ4n) is 3.03. The highest BCUT2D eigenvalue weighted by molar-refractivity contribution is 5.81. The molecule has 0 amide bonds. The van der Waals surface area contributed by atoms with E-state index >= 15 is 0 Å². The molecule has 2 aliphatic heterocycles. The molecule has 0 N–H and O–H groups in total. The molecule has 18 heavy (non-hydrogen) atoms. The first-order chi connectivity index (χ1) is 8.70. The van der Waals surface area contributed by atoms with Gasteiger partial charge in [0.15, 0.2) is 0 Å². The Balaban J connectivity index is 1.79. The van der Waals surface area contributed by atoms with E-state index in [9.17, 15) is 4.79 Å². The third-order valence-corrected chi connectivity index (χ3v) is 4.14. The Hall–Kier alpha value is -0.870. The molecule has 0 spiro atoms. The lowest BCUT2D eigenvalue weighted by atomic mass is 10.1. The summed E-state index contributed by atoms with van der Waals surface area (Å²) in [5.74, 6) is -0.231. The first kappa shape index (κ1) is 13.6. The molecule has 2 heterocycles. The average Bonchev–Trinajstić information content (AvgIpc) is 2.57. The highest BCUT2D eigenvalue weighted by atomic mass is 16.5. The van der Waals surface area contributed by atoms with Crippen molar-refractivity contribution >= 4 is 5.97 Å². The van der Waals surface area contributed by atoms with Crippen LogP contribution in [0.5, 0.6) is 0 Å². The Morgan fingerprint density at radius 1 is 1.33 bits per heavy atom. The second-order valence-electron chi connectivity index (χ2n) is 5.25. The molecular formula is C14H24N2O2. The molecule has 2 rings (SSSR count). The summed E-state index contributed by atoms with van der Waals surface area (Å²) < 4.78 is 4.87. The molecule has 4 heteroatoms. The lowest BCUT2D eigenvalue weighted by Crippen LogP contribution is -2.36. The van der Waals surface area contributed by atoms with Crippen molar-refractivity contribution in [3.8, 4) is 0 Å². The second kappa shape index (κ2) is 6.34. The third kappa shape index (κ3) is 3.33. The van der Waals surface area contributed by atoms with Crippen LogP contribution >= 0.6 is 0 Å². The highest BCUT2D eigenvalue weighted by Crippen LogP contribution is 2.28. The highest BCUT2D eigenvalue weighted by Gasteiger charge is 2.34. The van der Waals surface area contributed by atoms with E-state index in [0.717, 1.165) is 25.7 Å². The van der Waals surface area contributed by atoms with Gasteiger partial charge in [-0.1, -0.05) is 6.08 Å². The summed E-state index contributed by atoms with van der Waals surface area (Å²) in [6.07, 6.45) is 7.40. The van der Waals surface area contributed by atoms with Crippen molar-refractivity contribution in [3.05, 3.63) is 12.2 Å². The van der Waals surface area contributed by atoms with Crippen LogP contribution in [0.25, 0.3) is 0 Å². The van der Waals surface area contributed by atoms with Gasteiger partial charge in [-0.3, -0.25) is 9.80 Å². The zero-order valence-corrected chi connectivity index (χ0v) is 11.5. The van der Waals surface area contributed by atoms with Gasteiger partial charge in [0.2, 0.25) is 0 Å². The summed E-state index contributed by atoms with van der Waals surface area (Å²) in [5, 5.41) is 0. The van der Waals surface area contributed by atoms with E-state index in [1.54, 1.807) is 6.08 Å². The fourth-order valence-corrected chi connectivity index (χ4v) is 3.03. The van der Waals surface area contributed by atoms with Crippen LogP contribution in [-0.4, -0.2) is 61.1 Å². The molecule has 2 aliphatic rings. The summed E-state index contributed by atoms with van der Waals surface area (Å²) >= 11 is 0. The molecule has 2 unspecified atom stereocenters. The summed E-state index contributed by atoms with van der Waals surface area (Å²) in [7, 11) is 2.25. The van der Waals surface area contributed by atoms with E-state index in [1.807, 2.05) is 13.0 Å². The molecule has 102 valence electrons. The predicted octanol–water partition coefficient (Wildman–Crippen LogP) is 1.27. The van der Waals surface area contributed by atoms with Crippen LogP contribution in [0.3, 0.4) is 0 Å². The number of fused-ring (bicyclic) bond motifs is 2. The molecule has 0 aliphatic carbocycles. The molecule has 0 aromatic rings. The zero-order chi connectivity index (χ0) is 13.0. The van der Waals surface area contributed by atoms with Crippen LogP contribution in [0.2, 0.25) is 0 Å². The van der Waals surface area contributed by atoms with Gasteiger partial charge in [0.05, 0.1) is 6.61 Å². The number of nitrogens with zero attached hydrogens (tertiary/aromatic N) is 2. The number of likely N-dealkylation sites (tertiary alicyclic amines) is 1. The fraction of sp³-hybridized carbons (Fsp3) is 0.786. The molecule has 0 aromatic heterocycles. The maximum Gasteiger partial charge on any atom is 0.330 e. The van der Waals surface area contributed by atoms with Crippen molar-refractivity contribution in [3.63, 3.8) is 0 Å². The van der Waals surface area contributed by atoms with Gasteiger partial charge in [0.25, 0.3) is 0 Å². The van der Waals surface area contributed by atoms with Crippen molar-refractivity contribution in [1.82, 2.24) is 9.80 Å². The van der Waals surface area contributed by atoms with Crippen molar-refractivity contribution in [2.45, 2.75) is 38.3 Å². The van der Waals surface area contributed by atoms with Crippen molar-refractivity contribution in [1.29, 1.82) is 0 Å². The number of rotatable bonds is 4. The van der Waals surface area contributed by atoms with Crippen LogP contribution in [-0.2, 0) is 9.53 Å². The Morgan fingerprint density at radius 3 is 2.89 bits per heavy atom. The monoisotopic (exact) mass is 252 g/mol. The van der Waals surface area contributed by atoms with Crippen molar-refractivity contribution in [2.24, 2.45) is 0 Å². The van der Waals surface area contributed by atoms with Crippen LogP contribution in [0.1, 0.15) is 26.2 Å². The van der Waals surface area contributed by atoms with E-state index in [4.69, 9.17) is 4.74 Å². The van der Waals surface area contributed by atoms with Gasteiger partial charge >= 0.3 is 5.97 Å². The normalized spacial score (nSPS) is 29.7. The second-order valence-corrected chi connectivity index (χ2v) is 5.25. The molecule has 2 atom stereocenters. The van der Waals surface area contributed by atoms with Gasteiger partial charge in [-0.25, -0.2) is 4.79 Å². The van der Waals surface area contributed by atoms with E-state index in [2.05, 4.69) is 16.8 Å². The molecule has 2 fully saturated rings. The number of ether oxygens (including phenoxy) is 1. The zero-order valence-electron chi connectivity index (χ0n) is 11.5. The van der Waals surface area contributed by atoms with Crippen molar-refractivity contribution in [2.75, 3.05) is 33.3 Å². The van der Waals surface area contributed by atoms with Crippen LogP contribution in [0.4, 0.5) is 0 Å². The molecular weight excluding hydrogens is 228 g/mol. The van der Waals surface area contributed by atoms with Gasteiger partial charge in [-0.05, 0) is 33.2 Å². The number of likely N-dealkylation sites (N-methyl/N-ethyl adjacent to an activating group) is 1. The van der Waals surface area contributed by atoms with Crippen LogP contribution < -0.4 is 0 Å². The largest absolute Gasteiger partial charge is 0.463 e. The van der Waals surface area contributed by atoms with E-state index in [0.29, 0.717) is 12.6 Å². The lowest BCUT2D eigenvalue weighted by Gasteiger charge is -2.24.